The van der Waals surface area contributed by atoms with Gasteiger partial charge in [0.2, 0.25) is 5.95 Å². The normalized spacial score (nSPS) is 16.9. The van der Waals surface area contributed by atoms with Gasteiger partial charge in [0.25, 0.3) is 0 Å². The van der Waals surface area contributed by atoms with Gasteiger partial charge in [0.05, 0.1) is 11.0 Å². The summed E-state index contributed by atoms with van der Waals surface area (Å²) in [6, 6.07) is 8.20. The number of aromatic nitrogens is 3. The van der Waals surface area contributed by atoms with Crippen LogP contribution in [0.5, 0.6) is 0 Å². The van der Waals surface area contributed by atoms with Gasteiger partial charge in [-0.15, -0.1) is 0 Å². The van der Waals surface area contributed by atoms with Gasteiger partial charge in [0.1, 0.15) is 0 Å². The van der Waals surface area contributed by atoms with Crippen molar-refractivity contribution < 1.29 is 5.11 Å². The number of aryl methyl sites for hydroxylation is 2. The maximum Gasteiger partial charge on any atom is 0.227 e. The minimum Gasteiger partial charge on any atom is -0.391 e. The molecule has 1 saturated heterocycles. The molecule has 2 N–H and O–H groups in total. The number of benzene rings is 1. The Labute approximate surface area is 156 Å². The average Bonchev–Trinajstić information content (AvgIpc) is 3.23. The van der Waals surface area contributed by atoms with Crippen molar-refractivity contribution in [3.63, 3.8) is 0 Å². The number of β-amino-alcohol motifs (C(OH)–C–C–N with tert-alkyl or cyclic N) is 1. The molecule has 26 heavy (non-hydrogen) atoms. The molecule has 134 valence electrons. The van der Waals surface area contributed by atoms with Crippen LogP contribution >= 0.6 is 11.3 Å². The first-order valence-corrected chi connectivity index (χ1v) is 9.46. The van der Waals surface area contributed by atoms with Crippen LogP contribution in [0.3, 0.4) is 0 Å². The van der Waals surface area contributed by atoms with Crippen molar-refractivity contribution in [3.05, 3.63) is 47.9 Å². The molecule has 4 rings (SSSR count). The van der Waals surface area contributed by atoms with Crippen molar-refractivity contribution in [2.45, 2.75) is 26.4 Å². The molecule has 0 radical (unpaired) electrons. The van der Waals surface area contributed by atoms with E-state index in [1.807, 2.05) is 19.2 Å². The lowest BCUT2D eigenvalue weighted by Crippen LogP contribution is -2.20. The van der Waals surface area contributed by atoms with Gasteiger partial charge in [0.15, 0.2) is 5.13 Å². The van der Waals surface area contributed by atoms with Crippen LogP contribution in [0.25, 0.3) is 10.4 Å². The minimum absolute atomic E-state index is 0.244. The van der Waals surface area contributed by atoms with Gasteiger partial charge in [-0.25, -0.2) is 15.0 Å². The quantitative estimate of drug-likeness (QED) is 0.735. The summed E-state index contributed by atoms with van der Waals surface area (Å²) < 4.78 is 0. The van der Waals surface area contributed by atoms with Crippen LogP contribution in [0.1, 0.15) is 17.7 Å². The van der Waals surface area contributed by atoms with Gasteiger partial charge >= 0.3 is 0 Å². The Hall–Kier alpha value is -2.51. The largest absolute Gasteiger partial charge is 0.391 e. The second-order valence-corrected chi connectivity index (χ2v) is 7.64. The number of rotatable bonds is 4. The number of anilines is 3. The van der Waals surface area contributed by atoms with Gasteiger partial charge in [-0.2, -0.15) is 0 Å². The fraction of sp³-hybridized carbons (Fsp3) is 0.316. The van der Waals surface area contributed by atoms with Crippen LogP contribution < -0.4 is 10.2 Å². The van der Waals surface area contributed by atoms with Crippen LogP contribution in [0.4, 0.5) is 16.8 Å². The summed E-state index contributed by atoms with van der Waals surface area (Å²) in [5.74, 6) is 0.595. The van der Waals surface area contributed by atoms with Crippen molar-refractivity contribution in [1.82, 2.24) is 15.0 Å². The average molecular weight is 367 g/mol. The Morgan fingerprint density at radius 2 is 2.12 bits per heavy atom. The molecule has 0 amide bonds. The summed E-state index contributed by atoms with van der Waals surface area (Å²) in [7, 11) is 0. The molecule has 1 aliphatic rings. The van der Waals surface area contributed by atoms with Gasteiger partial charge in [-0.3, -0.25) is 0 Å². The molecule has 0 bridgehead atoms. The molecule has 1 fully saturated rings. The van der Waals surface area contributed by atoms with E-state index in [9.17, 15) is 5.11 Å². The van der Waals surface area contributed by atoms with Gasteiger partial charge in [0, 0.05) is 36.9 Å². The predicted molar refractivity (Wildman–Crippen MR) is 105 cm³/mol. The van der Waals surface area contributed by atoms with Crippen LogP contribution in [0.15, 0.2) is 36.7 Å². The standard InChI is InChI=1S/C19H21N5OS/c1-12-7-14(9-15(8-12)23-18-20-5-3-13(2)22-18)17-10-21-19(26-17)24-6-4-16(25)11-24/h3,5,7-10,16,25H,4,6,11H2,1-2H3,(H,20,22,23). The molecule has 2 aromatic heterocycles. The van der Waals surface area contributed by atoms with Crippen molar-refractivity contribution >= 4 is 28.1 Å². The number of thiazole rings is 1. The molecule has 6 nitrogen and oxygen atoms in total. The molecule has 0 spiro atoms. The Bertz CT molecular complexity index is 926. The molecule has 3 heterocycles. The highest BCUT2D eigenvalue weighted by atomic mass is 32.1. The topological polar surface area (TPSA) is 74.2 Å². The molecule has 1 aliphatic heterocycles. The maximum absolute atomic E-state index is 9.73. The summed E-state index contributed by atoms with van der Waals surface area (Å²) >= 11 is 1.66. The fourth-order valence-corrected chi connectivity index (χ4v) is 4.03. The molecular formula is C19H21N5OS. The van der Waals surface area contributed by atoms with E-state index in [4.69, 9.17) is 0 Å². The van der Waals surface area contributed by atoms with E-state index < -0.39 is 0 Å². The molecule has 0 aliphatic carbocycles. The van der Waals surface area contributed by atoms with Gasteiger partial charge in [-0.1, -0.05) is 17.4 Å². The lowest BCUT2D eigenvalue weighted by atomic mass is 10.1. The van der Waals surface area contributed by atoms with Crippen LogP contribution in [-0.4, -0.2) is 39.3 Å². The summed E-state index contributed by atoms with van der Waals surface area (Å²) in [5, 5.41) is 14.0. The second-order valence-electron chi connectivity index (χ2n) is 6.63. The third kappa shape index (κ3) is 3.68. The highest BCUT2D eigenvalue weighted by Gasteiger charge is 2.22. The zero-order valence-corrected chi connectivity index (χ0v) is 15.6. The smallest absolute Gasteiger partial charge is 0.227 e. The predicted octanol–water partition coefficient (Wildman–Crippen LogP) is 3.53. The Kier molecular flexibility index (Phi) is 4.57. The van der Waals surface area contributed by atoms with E-state index in [0.717, 1.165) is 45.5 Å². The SMILES string of the molecule is Cc1cc(Nc2nccc(C)n2)cc(-c2cnc(N3CCC(O)C3)s2)c1. The van der Waals surface area contributed by atoms with E-state index >= 15 is 0 Å². The fourth-order valence-electron chi connectivity index (χ4n) is 3.10. The lowest BCUT2D eigenvalue weighted by molar-refractivity contribution is 0.198. The van der Waals surface area contributed by atoms with Gasteiger partial charge in [-0.05, 0) is 49.6 Å². The van der Waals surface area contributed by atoms with E-state index in [1.54, 1.807) is 17.5 Å². The summed E-state index contributed by atoms with van der Waals surface area (Å²) in [4.78, 5) is 16.5. The summed E-state index contributed by atoms with van der Waals surface area (Å²) in [6.45, 7) is 5.55. The number of hydrogen-bond donors (Lipinski definition) is 2. The van der Waals surface area contributed by atoms with Crippen LogP contribution in [0.2, 0.25) is 0 Å². The van der Waals surface area contributed by atoms with Crippen molar-refractivity contribution in [1.29, 1.82) is 0 Å². The molecule has 1 unspecified atom stereocenters. The third-order valence-electron chi connectivity index (χ3n) is 4.34. The number of aliphatic hydroxyl groups excluding tert-OH is 1. The highest BCUT2D eigenvalue weighted by molar-refractivity contribution is 7.18. The van der Waals surface area contributed by atoms with E-state index in [1.165, 1.54) is 0 Å². The first kappa shape index (κ1) is 16.9. The van der Waals surface area contributed by atoms with Crippen LogP contribution in [-0.2, 0) is 0 Å². The maximum atomic E-state index is 9.73. The Balaban J connectivity index is 1.59. The van der Waals surface area contributed by atoms with E-state index in [2.05, 4.69) is 50.3 Å². The summed E-state index contributed by atoms with van der Waals surface area (Å²) in [6.07, 6.45) is 4.23. The van der Waals surface area contributed by atoms with Crippen LogP contribution in [0, 0.1) is 13.8 Å². The molecule has 7 heteroatoms. The van der Waals surface area contributed by atoms with E-state index in [0.29, 0.717) is 12.5 Å². The first-order valence-electron chi connectivity index (χ1n) is 8.64. The molecule has 0 saturated carbocycles. The Morgan fingerprint density at radius 1 is 1.23 bits per heavy atom. The monoisotopic (exact) mass is 367 g/mol. The van der Waals surface area contributed by atoms with Gasteiger partial charge < -0.3 is 15.3 Å². The molecule has 1 aromatic carbocycles. The molecular weight excluding hydrogens is 346 g/mol. The number of aliphatic hydroxyl groups is 1. The zero-order chi connectivity index (χ0) is 18.1. The van der Waals surface area contributed by atoms with Crippen molar-refractivity contribution in [2.24, 2.45) is 0 Å². The minimum atomic E-state index is -0.244. The number of nitrogens with one attached hydrogen (secondary N) is 1. The lowest BCUT2D eigenvalue weighted by Gasteiger charge is -2.12. The zero-order valence-electron chi connectivity index (χ0n) is 14.8. The highest BCUT2D eigenvalue weighted by Crippen LogP contribution is 2.34. The molecule has 1 atom stereocenters. The van der Waals surface area contributed by atoms with Crippen molar-refractivity contribution in [3.8, 4) is 10.4 Å². The second kappa shape index (κ2) is 7.01. The van der Waals surface area contributed by atoms with E-state index in [-0.39, 0.29) is 6.10 Å². The van der Waals surface area contributed by atoms with Crippen molar-refractivity contribution in [2.75, 3.05) is 23.3 Å². The summed E-state index contributed by atoms with van der Waals surface area (Å²) in [5.41, 5.74) is 4.15. The first-order chi connectivity index (χ1) is 12.6. The third-order valence-corrected chi connectivity index (χ3v) is 5.45. The number of hydrogen-bond acceptors (Lipinski definition) is 7. The Morgan fingerprint density at radius 3 is 2.88 bits per heavy atom. The molecule has 3 aromatic rings. The number of nitrogens with zero attached hydrogens (tertiary/aromatic N) is 4.